The van der Waals surface area contributed by atoms with Crippen LogP contribution in [0.2, 0.25) is 0 Å². The summed E-state index contributed by atoms with van der Waals surface area (Å²) in [5.74, 6) is -1.81. The summed E-state index contributed by atoms with van der Waals surface area (Å²) in [5.41, 5.74) is 0.815. The zero-order valence-electron chi connectivity index (χ0n) is 15.3. The van der Waals surface area contributed by atoms with Gasteiger partial charge in [0, 0.05) is 12.7 Å². The maximum absolute atomic E-state index is 10.9. The number of rotatable bonds is 6. The van der Waals surface area contributed by atoms with Crippen molar-refractivity contribution < 1.29 is 29.3 Å². The summed E-state index contributed by atoms with van der Waals surface area (Å²) in [6.45, 7) is 2.95. The molecule has 2 aromatic carbocycles. The maximum atomic E-state index is 10.9. The first-order valence-corrected chi connectivity index (χ1v) is 8.74. The second-order valence-electron chi connectivity index (χ2n) is 5.81. The number of thiol groups is 1. The van der Waals surface area contributed by atoms with Crippen molar-refractivity contribution in [3.05, 3.63) is 42.0 Å². The van der Waals surface area contributed by atoms with Crippen molar-refractivity contribution in [3.63, 3.8) is 0 Å². The van der Waals surface area contributed by atoms with E-state index in [-0.39, 0.29) is 11.7 Å². The molecule has 27 heavy (non-hydrogen) atoms. The number of methoxy groups -OCH3 is 1. The molecule has 0 saturated heterocycles. The van der Waals surface area contributed by atoms with Crippen LogP contribution >= 0.6 is 12.6 Å². The number of carboxylic acid groups (broad SMARTS) is 2. The number of aliphatic carboxylic acids is 2. The van der Waals surface area contributed by atoms with Gasteiger partial charge in [0.1, 0.15) is 11.8 Å². The molecule has 0 fully saturated rings. The minimum absolute atomic E-state index is 0.106. The topological polar surface area (TPSA) is 113 Å². The highest BCUT2D eigenvalue weighted by atomic mass is 32.1. The lowest BCUT2D eigenvalue weighted by Gasteiger charge is -2.08. The Morgan fingerprint density at radius 3 is 2.11 bits per heavy atom. The molecule has 0 unspecified atom stereocenters. The number of amides is 1. The van der Waals surface area contributed by atoms with Crippen LogP contribution in [0.15, 0.2) is 36.4 Å². The van der Waals surface area contributed by atoms with Gasteiger partial charge in [0.15, 0.2) is 0 Å². The zero-order chi connectivity index (χ0) is 20.6. The average molecular weight is 393 g/mol. The third-order valence-corrected chi connectivity index (χ3v) is 4.17. The maximum Gasteiger partial charge on any atom is 0.327 e. The molecule has 0 heterocycles. The highest BCUT2D eigenvalue weighted by molar-refractivity contribution is 7.80. The first-order chi connectivity index (χ1) is 12.7. The van der Waals surface area contributed by atoms with Crippen molar-refractivity contribution in [3.8, 4) is 5.75 Å². The molecule has 0 saturated carbocycles. The van der Waals surface area contributed by atoms with Crippen molar-refractivity contribution in [1.82, 2.24) is 5.32 Å². The molecule has 0 aliphatic carbocycles. The van der Waals surface area contributed by atoms with Crippen molar-refractivity contribution in [2.75, 3.05) is 12.9 Å². The number of nitrogens with one attached hydrogen (secondary N) is 1. The normalized spacial score (nSPS) is 12.3. The Hall–Kier alpha value is -2.74. The summed E-state index contributed by atoms with van der Waals surface area (Å²) < 4.78 is 5.14. The van der Waals surface area contributed by atoms with E-state index in [4.69, 9.17) is 14.9 Å². The molecule has 3 N–H and O–H groups in total. The van der Waals surface area contributed by atoms with Gasteiger partial charge in [0.2, 0.25) is 5.91 Å². The summed E-state index contributed by atoms with van der Waals surface area (Å²) in [4.78, 5) is 31.4. The highest BCUT2D eigenvalue weighted by Gasteiger charge is 2.15. The smallest absolute Gasteiger partial charge is 0.327 e. The van der Waals surface area contributed by atoms with E-state index in [0.29, 0.717) is 0 Å². The van der Waals surface area contributed by atoms with Gasteiger partial charge in [-0.1, -0.05) is 24.3 Å². The molecular weight excluding hydrogens is 370 g/mol. The number of hydrogen-bond acceptors (Lipinski definition) is 5. The van der Waals surface area contributed by atoms with E-state index in [9.17, 15) is 14.4 Å². The SMILES string of the molecule is CC(=O)N[C@@H](CS)C(=O)O.COc1ccc2cc([C@H](C)C(=O)O)ccc2c1. The molecule has 0 aliphatic rings. The van der Waals surface area contributed by atoms with Gasteiger partial charge in [-0.15, -0.1) is 0 Å². The van der Waals surface area contributed by atoms with Crippen LogP contribution in [0.3, 0.4) is 0 Å². The van der Waals surface area contributed by atoms with Gasteiger partial charge in [-0.3, -0.25) is 9.59 Å². The molecule has 2 atom stereocenters. The van der Waals surface area contributed by atoms with Gasteiger partial charge >= 0.3 is 11.9 Å². The van der Waals surface area contributed by atoms with Gasteiger partial charge in [-0.25, -0.2) is 4.79 Å². The summed E-state index contributed by atoms with van der Waals surface area (Å²) in [6, 6.07) is 10.6. The van der Waals surface area contributed by atoms with Crippen LogP contribution in [-0.2, 0) is 14.4 Å². The lowest BCUT2D eigenvalue weighted by Crippen LogP contribution is -2.40. The minimum Gasteiger partial charge on any atom is -0.497 e. The van der Waals surface area contributed by atoms with Crippen molar-refractivity contribution in [1.29, 1.82) is 0 Å². The van der Waals surface area contributed by atoms with Gasteiger partial charge in [0.05, 0.1) is 13.0 Å². The fraction of sp³-hybridized carbons (Fsp3) is 0.316. The molecular formula is C19H23NO6S. The Bertz CT molecular complexity index is 823. The molecule has 0 aliphatic heterocycles. The van der Waals surface area contributed by atoms with E-state index in [2.05, 4.69) is 17.9 Å². The summed E-state index contributed by atoms with van der Waals surface area (Å²) in [6.07, 6.45) is 0. The van der Waals surface area contributed by atoms with Gasteiger partial charge in [0.25, 0.3) is 0 Å². The van der Waals surface area contributed by atoms with Crippen molar-refractivity contribution >= 4 is 41.2 Å². The van der Waals surface area contributed by atoms with Gasteiger partial charge in [-0.05, 0) is 35.4 Å². The van der Waals surface area contributed by atoms with Crippen molar-refractivity contribution in [2.24, 2.45) is 0 Å². The lowest BCUT2D eigenvalue weighted by atomic mass is 9.98. The fourth-order valence-electron chi connectivity index (χ4n) is 2.21. The Kier molecular flexibility index (Phi) is 8.61. The Morgan fingerprint density at radius 2 is 1.67 bits per heavy atom. The van der Waals surface area contributed by atoms with Crippen LogP contribution in [0.4, 0.5) is 0 Å². The van der Waals surface area contributed by atoms with E-state index in [1.807, 2.05) is 36.4 Å². The van der Waals surface area contributed by atoms with E-state index in [1.165, 1.54) is 6.92 Å². The summed E-state index contributed by atoms with van der Waals surface area (Å²) in [7, 11) is 1.63. The van der Waals surface area contributed by atoms with Crippen LogP contribution in [0.5, 0.6) is 5.75 Å². The average Bonchev–Trinajstić information content (AvgIpc) is 2.64. The Morgan fingerprint density at radius 1 is 1.07 bits per heavy atom. The third-order valence-electron chi connectivity index (χ3n) is 3.80. The van der Waals surface area contributed by atoms with Crippen LogP contribution < -0.4 is 10.1 Å². The number of carboxylic acids is 2. The van der Waals surface area contributed by atoms with E-state index in [0.717, 1.165) is 22.1 Å². The van der Waals surface area contributed by atoms with Crippen molar-refractivity contribution in [2.45, 2.75) is 25.8 Å². The molecule has 0 aromatic heterocycles. The van der Waals surface area contributed by atoms with Gasteiger partial charge < -0.3 is 20.3 Å². The quantitative estimate of drug-likeness (QED) is 0.561. The number of ether oxygens (including phenoxy) is 1. The van der Waals surface area contributed by atoms with Gasteiger partial charge in [-0.2, -0.15) is 12.6 Å². The first-order valence-electron chi connectivity index (χ1n) is 8.10. The largest absolute Gasteiger partial charge is 0.497 e. The molecule has 2 aromatic rings. The number of carbonyl (C=O) groups is 3. The summed E-state index contributed by atoms with van der Waals surface area (Å²) >= 11 is 3.73. The fourth-order valence-corrected chi connectivity index (χ4v) is 2.46. The number of carbonyl (C=O) groups excluding carboxylic acids is 1. The van der Waals surface area contributed by atoms with Crippen LogP contribution in [-0.4, -0.2) is 47.0 Å². The van der Waals surface area contributed by atoms with Crippen LogP contribution in [0, 0.1) is 0 Å². The monoisotopic (exact) mass is 393 g/mol. The van der Waals surface area contributed by atoms with E-state index in [1.54, 1.807) is 14.0 Å². The molecule has 0 bridgehead atoms. The molecule has 8 heteroatoms. The molecule has 2 rings (SSSR count). The Balaban J connectivity index is 0.000000314. The molecule has 7 nitrogen and oxygen atoms in total. The third kappa shape index (κ3) is 6.82. The van der Waals surface area contributed by atoms with E-state index >= 15 is 0 Å². The second-order valence-corrected chi connectivity index (χ2v) is 6.17. The van der Waals surface area contributed by atoms with E-state index < -0.39 is 23.9 Å². The van der Waals surface area contributed by atoms with Crippen LogP contribution in [0.1, 0.15) is 25.3 Å². The molecule has 0 spiro atoms. The standard InChI is InChI=1S/C14H14O3.C5H9NO3S/c1-9(14(15)16)10-3-4-12-8-13(17-2)6-5-11(12)7-10;1-3(7)6-4(2-10)5(8)9/h3-9H,1-2H3,(H,15,16);4,10H,2H2,1H3,(H,6,7)(H,8,9)/t9-;4-/m00/s1. The predicted octanol–water partition coefficient (Wildman–Crippen LogP) is 2.54. The summed E-state index contributed by atoms with van der Waals surface area (Å²) in [5, 5.41) is 21.6. The molecule has 0 radical (unpaired) electrons. The number of hydrogen-bond donors (Lipinski definition) is 4. The Labute approximate surface area is 162 Å². The lowest BCUT2D eigenvalue weighted by molar-refractivity contribution is -0.140. The molecule has 1 amide bonds. The minimum atomic E-state index is -1.06. The molecule has 146 valence electrons. The van der Waals surface area contributed by atoms with Crippen LogP contribution in [0.25, 0.3) is 10.8 Å². The zero-order valence-corrected chi connectivity index (χ0v) is 16.2. The second kappa shape index (κ2) is 10.4. The first kappa shape index (κ1) is 22.3. The number of fused-ring (bicyclic) bond motifs is 1. The highest BCUT2D eigenvalue weighted by Crippen LogP contribution is 2.25. The predicted molar refractivity (Wildman–Crippen MR) is 106 cm³/mol. The number of benzene rings is 2.